The summed E-state index contributed by atoms with van der Waals surface area (Å²) in [7, 11) is 0. The van der Waals surface area contributed by atoms with Crippen LogP contribution in [0.5, 0.6) is 0 Å². The van der Waals surface area contributed by atoms with Crippen LogP contribution >= 0.6 is 0 Å². The molecule has 1 aliphatic rings. The maximum Gasteiger partial charge on any atom is 0.410 e. The van der Waals surface area contributed by atoms with E-state index in [1.807, 2.05) is 26.8 Å². The predicted molar refractivity (Wildman–Crippen MR) is 79.5 cm³/mol. The van der Waals surface area contributed by atoms with Crippen molar-refractivity contribution in [1.29, 1.82) is 0 Å². The number of nitrogens with zero attached hydrogens (tertiary/aromatic N) is 1. The van der Waals surface area contributed by atoms with Crippen molar-refractivity contribution < 1.29 is 13.9 Å². The van der Waals surface area contributed by atoms with E-state index in [0.717, 1.165) is 12.0 Å². The number of likely N-dealkylation sites (tertiary alicyclic amines) is 1. The fourth-order valence-electron chi connectivity index (χ4n) is 2.33. The van der Waals surface area contributed by atoms with Crippen LogP contribution in [0.15, 0.2) is 24.3 Å². The molecule has 1 N–H and O–H groups in total. The van der Waals surface area contributed by atoms with E-state index in [4.69, 9.17) is 4.74 Å². The molecule has 1 aliphatic heterocycles. The second-order valence-corrected chi connectivity index (χ2v) is 6.42. The van der Waals surface area contributed by atoms with Crippen molar-refractivity contribution in [3.05, 3.63) is 35.6 Å². The van der Waals surface area contributed by atoms with Crippen LogP contribution < -0.4 is 5.32 Å². The van der Waals surface area contributed by atoms with Gasteiger partial charge in [0.05, 0.1) is 0 Å². The van der Waals surface area contributed by atoms with Crippen molar-refractivity contribution in [2.24, 2.45) is 0 Å². The predicted octanol–water partition coefficient (Wildman–Crippen LogP) is 2.92. The minimum absolute atomic E-state index is 0.223. The van der Waals surface area contributed by atoms with Crippen molar-refractivity contribution in [2.75, 3.05) is 13.1 Å². The van der Waals surface area contributed by atoms with Crippen molar-refractivity contribution >= 4 is 6.09 Å². The second kappa shape index (κ2) is 6.43. The Bertz CT molecular complexity index is 499. The van der Waals surface area contributed by atoms with Crippen molar-refractivity contribution in [3.8, 4) is 0 Å². The van der Waals surface area contributed by atoms with Gasteiger partial charge in [-0.05, 0) is 44.9 Å². The number of rotatable bonds is 3. The number of amides is 1. The molecule has 1 atom stereocenters. The molecule has 0 bridgehead atoms. The fourth-order valence-corrected chi connectivity index (χ4v) is 2.33. The molecule has 2 rings (SSSR count). The van der Waals surface area contributed by atoms with Gasteiger partial charge in [-0.2, -0.15) is 0 Å². The Labute approximate surface area is 125 Å². The fraction of sp³-hybridized carbons (Fsp3) is 0.562. The third-order valence-corrected chi connectivity index (χ3v) is 3.32. The summed E-state index contributed by atoms with van der Waals surface area (Å²) >= 11 is 0. The Morgan fingerprint density at radius 1 is 1.48 bits per heavy atom. The third-order valence-electron chi connectivity index (χ3n) is 3.32. The van der Waals surface area contributed by atoms with Crippen LogP contribution in [0.25, 0.3) is 0 Å². The zero-order valence-corrected chi connectivity index (χ0v) is 12.9. The molecular formula is C16H23FN2O2. The van der Waals surface area contributed by atoms with Gasteiger partial charge in [0, 0.05) is 25.7 Å². The number of carbonyl (C=O) groups is 1. The number of carbonyl (C=O) groups excluding carboxylic acids is 1. The summed E-state index contributed by atoms with van der Waals surface area (Å²) in [4.78, 5) is 13.7. The summed E-state index contributed by atoms with van der Waals surface area (Å²) in [5.41, 5.74) is 0.440. The van der Waals surface area contributed by atoms with Crippen molar-refractivity contribution in [2.45, 2.75) is 45.4 Å². The van der Waals surface area contributed by atoms with E-state index < -0.39 is 5.60 Å². The van der Waals surface area contributed by atoms with Gasteiger partial charge in [-0.25, -0.2) is 9.18 Å². The largest absolute Gasteiger partial charge is 0.444 e. The summed E-state index contributed by atoms with van der Waals surface area (Å²) in [6.45, 7) is 7.51. The molecule has 5 heteroatoms. The monoisotopic (exact) mass is 294 g/mol. The Hall–Kier alpha value is -1.62. The second-order valence-electron chi connectivity index (χ2n) is 6.42. The first-order valence-electron chi connectivity index (χ1n) is 7.29. The minimum Gasteiger partial charge on any atom is -0.444 e. The average molecular weight is 294 g/mol. The number of halogens is 1. The molecule has 4 nitrogen and oxygen atoms in total. The molecule has 0 aromatic heterocycles. The molecule has 1 aromatic carbocycles. The molecule has 0 spiro atoms. The van der Waals surface area contributed by atoms with Crippen molar-refractivity contribution in [3.63, 3.8) is 0 Å². The van der Waals surface area contributed by atoms with Gasteiger partial charge in [0.15, 0.2) is 0 Å². The van der Waals surface area contributed by atoms with Crippen LogP contribution in [0.3, 0.4) is 0 Å². The van der Waals surface area contributed by atoms with E-state index in [1.54, 1.807) is 11.0 Å². The summed E-state index contributed by atoms with van der Waals surface area (Å²) in [6, 6.07) is 6.77. The Kier molecular flexibility index (Phi) is 4.83. The van der Waals surface area contributed by atoms with E-state index in [0.29, 0.717) is 19.6 Å². The van der Waals surface area contributed by atoms with Gasteiger partial charge in [-0.3, -0.25) is 0 Å². The van der Waals surface area contributed by atoms with Crippen LogP contribution in [0, 0.1) is 5.82 Å². The van der Waals surface area contributed by atoms with Gasteiger partial charge in [-0.1, -0.05) is 12.1 Å². The lowest BCUT2D eigenvalue weighted by Gasteiger charge is -2.24. The standard InChI is InChI=1S/C16H23FN2O2/c1-16(2,3)21-15(20)19-8-7-14(11-19)18-10-12-5-4-6-13(17)9-12/h4-6,9,14,18H,7-8,10-11H2,1-3H3. The van der Waals surface area contributed by atoms with E-state index in [1.165, 1.54) is 12.1 Å². The maximum atomic E-state index is 13.1. The van der Waals surface area contributed by atoms with Crippen LogP contribution in [0.1, 0.15) is 32.8 Å². The lowest BCUT2D eigenvalue weighted by molar-refractivity contribution is 0.0291. The summed E-state index contributed by atoms with van der Waals surface area (Å²) in [6.07, 6.45) is 0.617. The SMILES string of the molecule is CC(C)(C)OC(=O)N1CCC(NCc2cccc(F)c2)C1. The molecule has 1 amide bonds. The highest BCUT2D eigenvalue weighted by atomic mass is 19.1. The van der Waals surface area contributed by atoms with Gasteiger partial charge in [0.1, 0.15) is 11.4 Å². The number of hydrogen-bond acceptors (Lipinski definition) is 3. The normalized spacial score (nSPS) is 18.9. The Balaban J connectivity index is 1.79. The molecule has 0 aliphatic carbocycles. The zero-order valence-electron chi connectivity index (χ0n) is 12.9. The highest BCUT2D eigenvalue weighted by Gasteiger charge is 2.29. The van der Waals surface area contributed by atoms with E-state index >= 15 is 0 Å². The average Bonchev–Trinajstić information content (AvgIpc) is 2.83. The van der Waals surface area contributed by atoms with E-state index in [9.17, 15) is 9.18 Å². The molecule has 21 heavy (non-hydrogen) atoms. The molecule has 1 unspecified atom stereocenters. The molecule has 1 fully saturated rings. The van der Waals surface area contributed by atoms with Crippen LogP contribution in [0.4, 0.5) is 9.18 Å². The molecule has 0 radical (unpaired) electrons. The van der Waals surface area contributed by atoms with Crippen molar-refractivity contribution in [1.82, 2.24) is 10.2 Å². The molecule has 0 saturated carbocycles. The lowest BCUT2D eigenvalue weighted by atomic mass is 10.2. The van der Waals surface area contributed by atoms with Crippen LogP contribution in [-0.4, -0.2) is 35.7 Å². The zero-order chi connectivity index (χ0) is 15.5. The highest BCUT2D eigenvalue weighted by molar-refractivity contribution is 5.68. The molecule has 1 heterocycles. The first-order chi connectivity index (χ1) is 9.83. The maximum absolute atomic E-state index is 13.1. The lowest BCUT2D eigenvalue weighted by Crippen LogP contribution is -2.38. The number of hydrogen-bond donors (Lipinski definition) is 1. The molecule has 116 valence electrons. The minimum atomic E-state index is -0.468. The quantitative estimate of drug-likeness (QED) is 0.932. The van der Waals surface area contributed by atoms with Gasteiger partial charge in [-0.15, -0.1) is 0 Å². The molecule has 1 saturated heterocycles. The topological polar surface area (TPSA) is 41.6 Å². The Morgan fingerprint density at radius 2 is 2.24 bits per heavy atom. The smallest absolute Gasteiger partial charge is 0.410 e. The first-order valence-corrected chi connectivity index (χ1v) is 7.29. The molecular weight excluding hydrogens is 271 g/mol. The van der Waals surface area contributed by atoms with E-state index in [-0.39, 0.29) is 18.0 Å². The highest BCUT2D eigenvalue weighted by Crippen LogP contribution is 2.15. The molecule has 1 aromatic rings. The van der Waals surface area contributed by atoms with Crippen LogP contribution in [0.2, 0.25) is 0 Å². The summed E-state index contributed by atoms with van der Waals surface area (Å²) in [5.74, 6) is -0.226. The summed E-state index contributed by atoms with van der Waals surface area (Å²) < 4.78 is 18.5. The Morgan fingerprint density at radius 3 is 2.90 bits per heavy atom. The summed E-state index contributed by atoms with van der Waals surface area (Å²) in [5, 5.41) is 3.36. The third kappa shape index (κ3) is 5.01. The number of nitrogens with one attached hydrogen (secondary N) is 1. The number of ether oxygens (including phenoxy) is 1. The van der Waals surface area contributed by atoms with Gasteiger partial charge >= 0.3 is 6.09 Å². The first kappa shape index (κ1) is 15.8. The van der Waals surface area contributed by atoms with Gasteiger partial charge in [0.2, 0.25) is 0 Å². The van der Waals surface area contributed by atoms with E-state index in [2.05, 4.69) is 5.32 Å². The van der Waals surface area contributed by atoms with Crippen LogP contribution in [-0.2, 0) is 11.3 Å². The number of benzene rings is 1. The van der Waals surface area contributed by atoms with Gasteiger partial charge < -0.3 is 15.0 Å². The van der Waals surface area contributed by atoms with Gasteiger partial charge in [0.25, 0.3) is 0 Å².